The van der Waals surface area contributed by atoms with Crippen molar-refractivity contribution in [2.24, 2.45) is 0 Å². The number of nitrogens with one attached hydrogen (secondary N) is 1. The normalized spacial score (nSPS) is 16.4. The van der Waals surface area contributed by atoms with E-state index in [9.17, 15) is 8.42 Å². The van der Waals surface area contributed by atoms with Gasteiger partial charge in [-0.2, -0.15) is 0 Å². The molecule has 0 atom stereocenters. The van der Waals surface area contributed by atoms with E-state index in [0.29, 0.717) is 13.0 Å². The molecule has 0 saturated heterocycles. The van der Waals surface area contributed by atoms with Crippen LogP contribution in [0.4, 0.5) is 0 Å². The predicted molar refractivity (Wildman–Crippen MR) is 85.5 cm³/mol. The Bertz CT molecular complexity index is 604. The molecule has 0 aromatic carbocycles. The average molecular weight is 327 g/mol. The van der Waals surface area contributed by atoms with E-state index in [1.54, 1.807) is 0 Å². The van der Waals surface area contributed by atoms with Crippen LogP contribution >= 0.6 is 11.3 Å². The highest BCUT2D eigenvalue weighted by atomic mass is 32.2. The van der Waals surface area contributed by atoms with E-state index in [1.807, 2.05) is 11.4 Å². The Morgan fingerprint density at radius 3 is 2.81 bits per heavy atom. The first-order valence-electron chi connectivity index (χ1n) is 7.27. The highest BCUT2D eigenvalue weighted by Crippen LogP contribution is 2.23. The molecule has 2 N–H and O–H groups in total. The summed E-state index contributed by atoms with van der Waals surface area (Å²) in [6.07, 6.45) is 5.17. The average Bonchev–Trinajstić information content (AvgIpc) is 2.95. The second kappa shape index (κ2) is 7.95. The standard InChI is InChI=1S/C15H21NO3S2/c17-9-5-4-6-13-10-14(20-12-13)11-16-21(18,19)15-7-2-1-3-8-15/h10,12,15-17H,1-3,5,7-9,11H2. The monoisotopic (exact) mass is 327 g/mol. The Balaban J connectivity index is 1.89. The van der Waals surface area contributed by atoms with Gasteiger partial charge in [-0.25, -0.2) is 13.1 Å². The van der Waals surface area contributed by atoms with Crippen molar-refractivity contribution in [1.29, 1.82) is 0 Å². The van der Waals surface area contributed by atoms with Gasteiger partial charge >= 0.3 is 0 Å². The zero-order chi connectivity index (χ0) is 15.1. The van der Waals surface area contributed by atoms with Gasteiger partial charge in [0.25, 0.3) is 0 Å². The molecule has 4 nitrogen and oxygen atoms in total. The van der Waals surface area contributed by atoms with Gasteiger partial charge in [0.15, 0.2) is 0 Å². The first-order chi connectivity index (χ1) is 10.1. The fourth-order valence-electron chi connectivity index (χ4n) is 2.42. The molecule has 1 heterocycles. The fraction of sp³-hybridized carbons (Fsp3) is 0.600. The van der Waals surface area contributed by atoms with Crippen LogP contribution in [0.25, 0.3) is 0 Å². The van der Waals surface area contributed by atoms with Crippen molar-refractivity contribution in [3.63, 3.8) is 0 Å². The number of thiophene rings is 1. The Kier molecular flexibility index (Phi) is 6.24. The topological polar surface area (TPSA) is 66.4 Å². The summed E-state index contributed by atoms with van der Waals surface area (Å²) >= 11 is 1.50. The van der Waals surface area contributed by atoms with Crippen LogP contribution in [0.5, 0.6) is 0 Å². The van der Waals surface area contributed by atoms with Crippen molar-refractivity contribution in [1.82, 2.24) is 4.72 Å². The lowest BCUT2D eigenvalue weighted by atomic mass is 10.0. The molecule has 1 fully saturated rings. The molecule has 21 heavy (non-hydrogen) atoms. The lowest BCUT2D eigenvalue weighted by Crippen LogP contribution is -2.35. The van der Waals surface area contributed by atoms with E-state index < -0.39 is 10.0 Å². The van der Waals surface area contributed by atoms with Crippen LogP contribution in [0.2, 0.25) is 0 Å². The molecule has 6 heteroatoms. The second-order valence-electron chi connectivity index (χ2n) is 5.20. The molecule has 1 saturated carbocycles. The van der Waals surface area contributed by atoms with Gasteiger partial charge in [0.1, 0.15) is 0 Å². The summed E-state index contributed by atoms with van der Waals surface area (Å²) < 4.78 is 27.1. The summed E-state index contributed by atoms with van der Waals surface area (Å²) in [4.78, 5) is 0.961. The van der Waals surface area contributed by atoms with Gasteiger partial charge in [-0.15, -0.1) is 11.3 Å². The maximum atomic E-state index is 12.2. The third-order valence-corrected chi connectivity index (χ3v) is 6.39. The van der Waals surface area contributed by atoms with Crippen LogP contribution < -0.4 is 4.72 Å². The van der Waals surface area contributed by atoms with Crippen LogP contribution in [0, 0.1) is 11.8 Å². The molecule has 0 aliphatic heterocycles. The molecule has 2 rings (SSSR count). The van der Waals surface area contributed by atoms with Crippen LogP contribution in [0.15, 0.2) is 11.4 Å². The van der Waals surface area contributed by atoms with Gasteiger partial charge in [-0.05, 0) is 18.9 Å². The second-order valence-corrected chi connectivity index (χ2v) is 8.24. The van der Waals surface area contributed by atoms with Crippen LogP contribution in [0.1, 0.15) is 49.0 Å². The largest absolute Gasteiger partial charge is 0.395 e. The van der Waals surface area contributed by atoms with E-state index in [2.05, 4.69) is 16.6 Å². The van der Waals surface area contributed by atoms with Crippen molar-refractivity contribution in [2.75, 3.05) is 6.61 Å². The smallest absolute Gasteiger partial charge is 0.214 e. The Morgan fingerprint density at radius 2 is 2.10 bits per heavy atom. The SMILES string of the molecule is O=S(=O)(NCc1cc(C#CCCO)cs1)C1CCCCC1. The molecule has 1 aromatic heterocycles. The zero-order valence-electron chi connectivity index (χ0n) is 12.0. The lowest BCUT2D eigenvalue weighted by molar-refractivity contribution is 0.305. The van der Waals surface area contributed by atoms with Crippen LogP contribution in [-0.2, 0) is 16.6 Å². The molecule has 0 unspecified atom stereocenters. The number of aliphatic hydroxyl groups excluding tert-OH is 1. The third kappa shape index (κ3) is 5.11. The maximum absolute atomic E-state index is 12.2. The molecule has 0 spiro atoms. The zero-order valence-corrected chi connectivity index (χ0v) is 13.6. The molecule has 0 bridgehead atoms. The van der Waals surface area contributed by atoms with Crippen molar-refractivity contribution in [2.45, 2.75) is 50.3 Å². The minimum Gasteiger partial charge on any atom is -0.395 e. The van der Waals surface area contributed by atoms with Gasteiger partial charge in [0.05, 0.1) is 11.9 Å². The molecular weight excluding hydrogens is 306 g/mol. The van der Waals surface area contributed by atoms with Gasteiger partial charge in [0, 0.05) is 28.8 Å². The summed E-state index contributed by atoms with van der Waals surface area (Å²) in [5, 5.41) is 10.4. The minimum atomic E-state index is -3.21. The Hall–Kier alpha value is -0.870. The van der Waals surface area contributed by atoms with Crippen LogP contribution in [0.3, 0.4) is 0 Å². The summed E-state index contributed by atoms with van der Waals surface area (Å²) in [5.74, 6) is 5.81. The highest BCUT2D eigenvalue weighted by Gasteiger charge is 2.26. The highest BCUT2D eigenvalue weighted by molar-refractivity contribution is 7.90. The molecule has 0 radical (unpaired) electrons. The summed E-state index contributed by atoms with van der Waals surface area (Å²) in [6.45, 7) is 0.399. The molecule has 1 aromatic rings. The molecular formula is C15H21NO3S2. The number of hydrogen-bond acceptors (Lipinski definition) is 4. The molecule has 1 aliphatic carbocycles. The van der Waals surface area contributed by atoms with E-state index in [-0.39, 0.29) is 11.9 Å². The predicted octanol–water partition coefficient (Wildman–Crippen LogP) is 2.23. The Labute approximate surface area is 130 Å². The molecule has 0 amide bonds. The van der Waals surface area contributed by atoms with Gasteiger partial charge in [-0.1, -0.05) is 31.1 Å². The van der Waals surface area contributed by atoms with Crippen molar-refractivity contribution < 1.29 is 13.5 Å². The van der Waals surface area contributed by atoms with Gasteiger partial charge in [-0.3, -0.25) is 0 Å². The first-order valence-corrected chi connectivity index (χ1v) is 9.70. The molecule has 1 aliphatic rings. The minimum absolute atomic E-state index is 0.0607. The van der Waals surface area contributed by atoms with Crippen molar-refractivity contribution in [3.05, 3.63) is 21.9 Å². The molecule has 116 valence electrons. The van der Waals surface area contributed by atoms with Crippen molar-refractivity contribution in [3.8, 4) is 11.8 Å². The summed E-state index contributed by atoms with van der Waals surface area (Å²) in [7, 11) is -3.21. The first kappa shape index (κ1) is 16.5. The van der Waals surface area contributed by atoms with Crippen LogP contribution in [-0.4, -0.2) is 25.4 Å². The van der Waals surface area contributed by atoms with E-state index in [4.69, 9.17) is 5.11 Å². The lowest BCUT2D eigenvalue weighted by Gasteiger charge is -2.21. The van der Waals surface area contributed by atoms with E-state index in [0.717, 1.165) is 42.5 Å². The number of rotatable bonds is 5. The summed E-state index contributed by atoms with van der Waals surface area (Å²) in [5.41, 5.74) is 0.875. The number of hydrogen-bond donors (Lipinski definition) is 2. The summed E-state index contributed by atoms with van der Waals surface area (Å²) in [6, 6.07) is 1.90. The fourth-order valence-corrected chi connectivity index (χ4v) is 4.82. The van der Waals surface area contributed by atoms with Crippen molar-refractivity contribution >= 4 is 21.4 Å². The number of sulfonamides is 1. The third-order valence-electron chi connectivity index (χ3n) is 3.56. The van der Waals surface area contributed by atoms with Gasteiger partial charge < -0.3 is 5.11 Å². The quantitative estimate of drug-likeness (QED) is 0.815. The van der Waals surface area contributed by atoms with Gasteiger partial charge in [0.2, 0.25) is 10.0 Å². The van der Waals surface area contributed by atoms with E-state index >= 15 is 0 Å². The maximum Gasteiger partial charge on any atom is 0.214 e. The Morgan fingerprint density at radius 1 is 1.33 bits per heavy atom. The van der Waals surface area contributed by atoms with E-state index in [1.165, 1.54) is 11.3 Å². The number of aliphatic hydroxyl groups is 1.